The summed E-state index contributed by atoms with van der Waals surface area (Å²) in [5, 5.41) is 4.98. The number of anilines is 1. The van der Waals surface area contributed by atoms with E-state index in [0.717, 1.165) is 46.7 Å². The second-order valence-electron chi connectivity index (χ2n) is 7.86. The Hall–Kier alpha value is -3.29. The highest BCUT2D eigenvalue weighted by atomic mass is 16.5. The van der Waals surface area contributed by atoms with Crippen LogP contribution in [-0.2, 0) is 11.2 Å². The highest BCUT2D eigenvalue weighted by Gasteiger charge is 2.24. The summed E-state index contributed by atoms with van der Waals surface area (Å²) >= 11 is 0. The lowest BCUT2D eigenvalue weighted by Gasteiger charge is -2.36. The van der Waals surface area contributed by atoms with Gasteiger partial charge in [-0.05, 0) is 39.8 Å². The molecular formula is C24H30N4O4. The third kappa shape index (κ3) is 4.35. The van der Waals surface area contributed by atoms with Crippen LogP contribution < -0.4 is 14.4 Å². The Morgan fingerprint density at radius 3 is 2.38 bits per heavy atom. The van der Waals surface area contributed by atoms with Crippen molar-refractivity contribution in [3.8, 4) is 11.5 Å². The van der Waals surface area contributed by atoms with Gasteiger partial charge in [0.05, 0.1) is 30.8 Å². The third-order valence-electron chi connectivity index (χ3n) is 5.87. The van der Waals surface area contributed by atoms with E-state index in [9.17, 15) is 4.79 Å². The number of carbonyl (C=O) groups excluding carboxylic acids is 1. The van der Waals surface area contributed by atoms with E-state index in [1.807, 2.05) is 57.0 Å². The topological polar surface area (TPSA) is 80.9 Å². The molecule has 32 heavy (non-hydrogen) atoms. The van der Waals surface area contributed by atoms with Gasteiger partial charge in [-0.3, -0.25) is 9.78 Å². The molecule has 0 aliphatic carbocycles. The molecule has 3 heterocycles. The van der Waals surface area contributed by atoms with Crippen LogP contribution in [0.1, 0.15) is 30.9 Å². The SMILES string of the molecule is CCOc1cc2nccc(N3CCN(C(=O)Cc4c(C)noc4C)CC3)c2cc1OCC. The summed E-state index contributed by atoms with van der Waals surface area (Å²) in [7, 11) is 0. The zero-order valence-electron chi connectivity index (χ0n) is 19.2. The number of hydrogen-bond donors (Lipinski definition) is 0. The van der Waals surface area contributed by atoms with Gasteiger partial charge < -0.3 is 23.8 Å². The first-order valence-electron chi connectivity index (χ1n) is 11.1. The Kier molecular flexibility index (Phi) is 6.48. The second-order valence-corrected chi connectivity index (χ2v) is 7.86. The Balaban J connectivity index is 1.51. The normalized spacial score (nSPS) is 14.1. The number of fused-ring (bicyclic) bond motifs is 1. The predicted octanol–water partition coefficient (Wildman–Crippen LogP) is 3.53. The maximum Gasteiger partial charge on any atom is 0.227 e. The first kappa shape index (κ1) is 21.9. The number of ether oxygens (including phenoxy) is 2. The molecule has 0 spiro atoms. The van der Waals surface area contributed by atoms with Crippen molar-refractivity contribution in [2.24, 2.45) is 0 Å². The fourth-order valence-corrected chi connectivity index (χ4v) is 4.17. The van der Waals surface area contributed by atoms with Gasteiger partial charge in [-0.25, -0.2) is 0 Å². The minimum absolute atomic E-state index is 0.110. The number of nitrogens with zero attached hydrogens (tertiary/aromatic N) is 4. The van der Waals surface area contributed by atoms with E-state index in [1.165, 1.54) is 0 Å². The molecule has 0 N–H and O–H groups in total. The zero-order chi connectivity index (χ0) is 22.7. The fourth-order valence-electron chi connectivity index (χ4n) is 4.17. The van der Waals surface area contributed by atoms with Crippen molar-refractivity contribution in [3.63, 3.8) is 0 Å². The van der Waals surface area contributed by atoms with Crippen LogP contribution in [0.4, 0.5) is 5.69 Å². The molecular weight excluding hydrogens is 408 g/mol. The van der Waals surface area contributed by atoms with E-state index in [1.54, 1.807) is 0 Å². The summed E-state index contributed by atoms with van der Waals surface area (Å²) in [6, 6.07) is 5.98. The van der Waals surface area contributed by atoms with Crippen LogP contribution in [0.5, 0.6) is 11.5 Å². The maximum atomic E-state index is 12.8. The van der Waals surface area contributed by atoms with Gasteiger partial charge in [-0.1, -0.05) is 5.16 Å². The number of carbonyl (C=O) groups is 1. The van der Waals surface area contributed by atoms with Crippen molar-refractivity contribution in [2.45, 2.75) is 34.1 Å². The predicted molar refractivity (Wildman–Crippen MR) is 123 cm³/mol. The van der Waals surface area contributed by atoms with Crippen molar-refractivity contribution in [1.82, 2.24) is 15.0 Å². The molecule has 1 aromatic carbocycles. The van der Waals surface area contributed by atoms with Crippen LogP contribution in [0.2, 0.25) is 0 Å². The quantitative estimate of drug-likeness (QED) is 0.558. The largest absolute Gasteiger partial charge is 0.490 e. The monoisotopic (exact) mass is 438 g/mol. The van der Waals surface area contributed by atoms with Gasteiger partial charge in [-0.2, -0.15) is 0 Å². The van der Waals surface area contributed by atoms with Crippen LogP contribution in [0.3, 0.4) is 0 Å². The third-order valence-corrected chi connectivity index (χ3v) is 5.87. The minimum atomic E-state index is 0.110. The molecule has 0 saturated carbocycles. The van der Waals surface area contributed by atoms with Gasteiger partial charge in [0.15, 0.2) is 11.5 Å². The molecule has 0 atom stereocenters. The summed E-state index contributed by atoms with van der Waals surface area (Å²) in [6.45, 7) is 11.6. The van der Waals surface area contributed by atoms with Crippen molar-refractivity contribution in [3.05, 3.63) is 41.4 Å². The van der Waals surface area contributed by atoms with E-state index < -0.39 is 0 Å². The molecule has 0 unspecified atom stereocenters. The summed E-state index contributed by atoms with van der Waals surface area (Å²) in [5.74, 6) is 2.26. The van der Waals surface area contributed by atoms with Gasteiger partial charge in [0.25, 0.3) is 0 Å². The van der Waals surface area contributed by atoms with E-state index in [-0.39, 0.29) is 5.91 Å². The van der Waals surface area contributed by atoms with E-state index in [4.69, 9.17) is 14.0 Å². The van der Waals surface area contributed by atoms with Crippen LogP contribution >= 0.6 is 0 Å². The van der Waals surface area contributed by atoms with Crippen molar-refractivity contribution in [1.29, 1.82) is 0 Å². The number of pyridine rings is 1. The lowest BCUT2D eigenvalue weighted by molar-refractivity contribution is -0.130. The van der Waals surface area contributed by atoms with Gasteiger partial charge in [0.2, 0.25) is 5.91 Å². The Bertz CT molecular complexity index is 1080. The summed E-state index contributed by atoms with van der Waals surface area (Å²) in [6.07, 6.45) is 2.15. The highest BCUT2D eigenvalue weighted by molar-refractivity contribution is 5.94. The number of piperazine rings is 1. The number of hydrogen-bond acceptors (Lipinski definition) is 7. The molecule has 8 nitrogen and oxygen atoms in total. The molecule has 170 valence electrons. The van der Waals surface area contributed by atoms with E-state index in [2.05, 4.69) is 15.0 Å². The Morgan fingerprint density at radius 2 is 1.75 bits per heavy atom. The van der Waals surface area contributed by atoms with E-state index >= 15 is 0 Å². The molecule has 1 amide bonds. The standard InChI is InChI=1S/C24H30N4O4/c1-5-30-22-13-19-20(15-23(22)31-6-2)25-8-7-21(19)27-9-11-28(12-10-27)24(29)14-18-16(3)26-32-17(18)4/h7-8,13,15H,5-6,9-12,14H2,1-4H3. The first-order chi connectivity index (χ1) is 15.5. The molecule has 2 aromatic heterocycles. The zero-order valence-corrected chi connectivity index (χ0v) is 19.2. The smallest absolute Gasteiger partial charge is 0.227 e. The number of benzene rings is 1. The number of amides is 1. The maximum absolute atomic E-state index is 12.8. The average Bonchev–Trinajstić information content (AvgIpc) is 3.11. The van der Waals surface area contributed by atoms with Crippen molar-refractivity contribution < 1.29 is 18.8 Å². The Morgan fingerprint density at radius 1 is 1.06 bits per heavy atom. The molecule has 0 radical (unpaired) electrons. The molecule has 0 bridgehead atoms. The van der Waals surface area contributed by atoms with Gasteiger partial charge >= 0.3 is 0 Å². The number of aromatic nitrogens is 2. The lowest BCUT2D eigenvalue weighted by atomic mass is 10.1. The average molecular weight is 439 g/mol. The van der Waals surface area contributed by atoms with Crippen molar-refractivity contribution in [2.75, 3.05) is 44.3 Å². The summed E-state index contributed by atoms with van der Waals surface area (Å²) in [5.41, 5.74) is 3.64. The van der Waals surface area contributed by atoms with Crippen LogP contribution in [0.25, 0.3) is 10.9 Å². The van der Waals surface area contributed by atoms with Crippen molar-refractivity contribution >= 4 is 22.5 Å². The fraction of sp³-hybridized carbons (Fsp3) is 0.458. The number of rotatable bonds is 7. The molecule has 8 heteroatoms. The molecule has 3 aromatic rings. The molecule has 4 rings (SSSR count). The van der Waals surface area contributed by atoms with Gasteiger partial charge in [0.1, 0.15) is 5.76 Å². The highest BCUT2D eigenvalue weighted by Crippen LogP contribution is 2.36. The van der Waals surface area contributed by atoms with Gasteiger partial charge in [0, 0.05) is 55.1 Å². The molecule has 1 fully saturated rings. The lowest BCUT2D eigenvalue weighted by Crippen LogP contribution is -2.49. The molecule has 1 aliphatic heterocycles. The first-order valence-corrected chi connectivity index (χ1v) is 11.1. The van der Waals surface area contributed by atoms with Crippen LogP contribution in [0.15, 0.2) is 28.9 Å². The number of aryl methyl sites for hydroxylation is 2. The molecule has 1 saturated heterocycles. The summed E-state index contributed by atoms with van der Waals surface area (Å²) in [4.78, 5) is 21.6. The molecule has 1 aliphatic rings. The van der Waals surface area contributed by atoms with E-state index in [0.29, 0.717) is 44.2 Å². The van der Waals surface area contributed by atoms with Gasteiger partial charge in [-0.15, -0.1) is 0 Å². The van der Waals surface area contributed by atoms with Crippen LogP contribution in [0, 0.1) is 13.8 Å². The van der Waals surface area contributed by atoms with Crippen LogP contribution in [-0.4, -0.2) is 60.3 Å². The summed E-state index contributed by atoms with van der Waals surface area (Å²) < 4.78 is 16.8. The minimum Gasteiger partial charge on any atom is -0.490 e. The second kappa shape index (κ2) is 9.46. The Labute approximate surface area is 188 Å².